The standard InChI is InChI=1S/C20H33N3O/c1-15-9-6-7-10-16(15)13-22-19(21-5)23-14-17-11-8-12-24-18(17)20(2,3)4/h6-7,9-10,17-18H,8,11-14H2,1-5H3,(H2,21,22,23). The van der Waals surface area contributed by atoms with E-state index in [-0.39, 0.29) is 5.41 Å². The Kier molecular flexibility index (Phi) is 6.67. The van der Waals surface area contributed by atoms with Gasteiger partial charge in [-0.3, -0.25) is 4.99 Å². The highest BCUT2D eigenvalue weighted by atomic mass is 16.5. The van der Waals surface area contributed by atoms with Crippen LogP contribution in [0, 0.1) is 18.3 Å². The van der Waals surface area contributed by atoms with Gasteiger partial charge < -0.3 is 15.4 Å². The molecule has 1 aromatic rings. The first-order valence-electron chi connectivity index (χ1n) is 9.02. The molecule has 0 aliphatic carbocycles. The fraction of sp³-hybridized carbons (Fsp3) is 0.650. The Bertz CT molecular complexity index is 548. The van der Waals surface area contributed by atoms with Gasteiger partial charge in [-0.2, -0.15) is 0 Å². The molecular weight excluding hydrogens is 298 g/mol. The van der Waals surface area contributed by atoms with Gasteiger partial charge in [-0.15, -0.1) is 0 Å². The summed E-state index contributed by atoms with van der Waals surface area (Å²) in [6.07, 6.45) is 2.66. The van der Waals surface area contributed by atoms with E-state index in [9.17, 15) is 0 Å². The summed E-state index contributed by atoms with van der Waals surface area (Å²) in [6, 6.07) is 8.44. The third-order valence-corrected chi connectivity index (χ3v) is 4.76. The molecule has 0 amide bonds. The first kappa shape index (κ1) is 18.8. The SMILES string of the molecule is CN=C(NCc1ccccc1C)NCC1CCCOC1C(C)(C)C. The number of hydrogen-bond donors (Lipinski definition) is 2. The van der Waals surface area contributed by atoms with Crippen molar-refractivity contribution >= 4 is 5.96 Å². The fourth-order valence-corrected chi connectivity index (χ4v) is 3.45. The Morgan fingerprint density at radius 2 is 2.00 bits per heavy atom. The van der Waals surface area contributed by atoms with E-state index in [0.29, 0.717) is 12.0 Å². The van der Waals surface area contributed by atoms with Crippen LogP contribution < -0.4 is 10.6 Å². The summed E-state index contributed by atoms with van der Waals surface area (Å²) in [6.45, 7) is 11.5. The number of nitrogens with one attached hydrogen (secondary N) is 2. The van der Waals surface area contributed by atoms with Crippen molar-refractivity contribution in [3.63, 3.8) is 0 Å². The van der Waals surface area contributed by atoms with E-state index in [0.717, 1.165) is 32.1 Å². The average Bonchev–Trinajstić information content (AvgIpc) is 2.56. The van der Waals surface area contributed by atoms with E-state index in [2.05, 4.69) is 67.6 Å². The number of aliphatic imine (C=N–C) groups is 1. The Morgan fingerprint density at radius 1 is 1.25 bits per heavy atom. The maximum absolute atomic E-state index is 6.07. The molecule has 24 heavy (non-hydrogen) atoms. The zero-order valence-electron chi connectivity index (χ0n) is 15.9. The average molecular weight is 332 g/mol. The maximum Gasteiger partial charge on any atom is 0.191 e. The lowest BCUT2D eigenvalue weighted by molar-refractivity contribution is -0.0835. The largest absolute Gasteiger partial charge is 0.377 e. The molecule has 2 N–H and O–H groups in total. The number of rotatable bonds is 4. The van der Waals surface area contributed by atoms with Crippen molar-refractivity contribution < 1.29 is 4.74 Å². The summed E-state index contributed by atoms with van der Waals surface area (Å²) < 4.78 is 6.07. The van der Waals surface area contributed by atoms with E-state index in [4.69, 9.17) is 4.74 Å². The van der Waals surface area contributed by atoms with Crippen LogP contribution in [0.25, 0.3) is 0 Å². The molecule has 0 aromatic heterocycles. The third-order valence-electron chi connectivity index (χ3n) is 4.76. The van der Waals surface area contributed by atoms with Gasteiger partial charge in [-0.25, -0.2) is 0 Å². The van der Waals surface area contributed by atoms with Crippen molar-refractivity contribution in [2.24, 2.45) is 16.3 Å². The summed E-state index contributed by atoms with van der Waals surface area (Å²) >= 11 is 0. The van der Waals surface area contributed by atoms with Gasteiger partial charge in [0.25, 0.3) is 0 Å². The molecule has 1 aliphatic rings. The zero-order chi connectivity index (χ0) is 17.6. The minimum absolute atomic E-state index is 0.171. The number of ether oxygens (including phenoxy) is 1. The fourth-order valence-electron chi connectivity index (χ4n) is 3.45. The van der Waals surface area contributed by atoms with Crippen LogP contribution >= 0.6 is 0 Å². The summed E-state index contributed by atoms with van der Waals surface area (Å²) in [5, 5.41) is 6.91. The van der Waals surface area contributed by atoms with Crippen molar-refractivity contribution in [1.29, 1.82) is 0 Å². The van der Waals surface area contributed by atoms with E-state index in [1.165, 1.54) is 17.5 Å². The lowest BCUT2D eigenvalue weighted by Gasteiger charge is -2.40. The number of nitrogens with zero attached hydrogens (tertiary/aromatic N) is 1. The minimum atomic E-state index is 0.171. The maximum atomic E-state index is 6.07. The molecule has 134 valence electrons. The molecule has 2 atom stereocenters. The number of hydrogen-bond acceptors (Lipinski definition) is 2. The lowest BCUT2D eigenvalue weighted by atomic mass is 9.78. The minimum Gasteiger partial charge on any atom is -0.377 e. The Morgan fingerprint density at radius 3 is 2.67 bits per heavy atom. The molecular formula is C20H33N3O. The smallest absolute Gasteiger partial charge is 0.191 e. The highest BCUT2D eigenvalue weighted by molar-refractivity contribution is 5.79. The van der Waals surface area contributed by atoms with Crippen molar-refractivity contribution in [2.45, 2.75) is 53.2 Å². The Hall–Kier alpha value is -1.55. The van der Waals surface area contributed by atoms with Gasteiger partial charge >= 0.3 is 0 Å². The summed E-state index contributed by atoms with van der Waals surface area (Å²) in [7, 11) is 1.83. The molecule has 1 aromatic carbocycles. The second-order valence-corrected chi connectivity index (χ2v) is 7.79. The third kappa shape index (κ3) is 5.23. The van der Waals surface area contributed by atoms with Crippen LogP contribution in [0.2, 0.25) is 0 Å². The molecule has 1 fully saturated rings. The van der Waals surface area contributed by atoms with Gasteiger partial charge in [0, 0.05) is 32.7 Å². The van der Waals surface area contributed by atoms with Gasteiger partial charge in [0.15, 0.2) is 5.96 Å². The van der Waals surface area contributed by atoms with Crippen LogP contribution in [0.4, 0.5) is 0 Å². The van der Waals surface area contributed by atoms with Gasteiger partial charge in [-0.1, -0.05) is 45.0 Å². The van der Waals surface area contributed by atoms with E-state index in [1.54, 1.807) is 0 Å². The zero-order valence-corrected chi connectivity index (χ0v) is 15.9. The van der Waals surface area contributed by atoms with Gasteiger partial charge in [0.2, 0.25) is 0 Å². The van der Waals surface area contributed by atoms with Gasteiger partial charge in [0.1, 0.15) is 0 Å². The molecule has 0 spiro atoms. The highest BCUT2D eigenvalue weighted by Crippen LogP contribution is 2.33. The van der Waals surface area contributed by atoms with Crippen LogP contribution in [0.5, 0.6) is 0 Å². The number of aryl methyl sites for hydroxylation is 1. The van der Waals surface area contributed by atoms with Gasteiger partial charge in [0.05, 0.1) is 6.10 Å². The molecule has 4 nitrogen and oxygen atoms in total. The first-order valence-corrected chi connectivity index (χ1v) is 9.02. The summed E-state index contributed by atoms with van der Waals surface area (Å²) in [4.78, 5) is 4.36. The van der Waals surface area contributed by atoms with Crippen LogP contribution in [0.1, 0.15) is 44.7 Å². The van der Waals surface area contributed by atoms with Crippen molar-refractivity contribution in [1.82, 2.24) is 10.6 Å². The van der Waals surface area contributed by atoms with Crippen molar-refractivity contribution in [3.05, 3.63) is 35.4 Å². The normalized spacial score (nSPS) is 22.3. The first-order chi connectivity index (χ1) is 11.4. The highest BCUT2D eigenvalue weighted by Gasteiger charge is 2.35. The molecule has 2 rings (SSSR count). The second-order valence-electron chi connectivity index (χ2n) is 7.79. The molecule has 0 saturated carbocycles. The summed E-state index contributed by atoms with van der Waals surface area (Å²) in [5.41, 5.74) is 2.77. The number of guanidine groups is 1. The Labute approximate surface area is 147 Å². The van der Waals surface area contributed by atoms with Crippen LogP contribution in [0.15, 0.2) is 29.3 Å². The van der Waals surface area contributed by atoms with Gasteiger partial charge in [-0.05, 0) is 36.3 Å². The van der Waals surface area contributed by atoms with Crippen molar-refractivity contribution in [3.8, 4) is 0 Å². The monoisotopic (exact) mass is 331 g/mol. The van der Waals surface area contributed by atoms with Crippen LogP contribution in [-0.4, -0.2) is 32.3 Å². The molecule has 0 bridgehead atoms. The number of benzene rings is 1. The molecule has 1 aliphatic heterocycles. The van der Waals surface area contributed by atoms with Crippen molar-refractivity contribution in [2.75, 3.05) is 20.2 Å². The van der Waals surface area contributed by atoms with E-state index >= 15 is 0 Å². The predicted molar refractivity (Wildman–Crippen MR) is 101 cm³/mol. The molecule has 0 radical (unpaired) electrons. The van der Waals surface area contributed by atoms with E-state index < -0.39 is 0 Å². The molecule has 1 heterocycles. The quantitative estimate of drug-likeness (QED) is 0.656. The van der Waals surface area contributed by atoms with E-state index in [1.807, 2.05) is 7.05 Å². The molecule has 1 saturated heterocycles. The van der Waals surface area contributed by atoms with Crippen LogP contribution in [-0.2, 0) is 11.3 Å². The lowest BCUT2D eigenvalue weighted by Crippen LogP contribution is -2.47. The Balaban J connectivity index is 1.87. The topological polar surface area (TPSA) is 45.7 Å². The summed E-state index contributed by atoms with van der Waals surface area (Å²) in [5.74, 6) is 1.38. The second kappa shape index (κ2) is 8.52. The van der Waals surface area contributed by atoms with Crippen LogP contribution in [0.3, 0.4) is 0 Å². The predicted octanol–water partition coefficient (Wildman–Crippen LogP) is 3.50. The molecule has 2 unspecified atom stereocenters. The molecule has 4 heteroatoms.